The van der Waals surface area contributed by atoms with Gasteiger partial charge in [0.2, 0.25) is 6.41 Å². The summed E-state index contributed by atoms with van der Waals surface area (Å²) < 4.78 is 0. The van der Waals surface area contributed by atoms with E-state index in [1.54, 1.807) is 36.1 Å². The zero-order valence-electron chi connectivity index (χ0n) is 14.7. The Morgan fingerprint density at radius 3 is 2.54 bits per heavy atom. The molecule has 8 heteroatoms. The summed E-state index contributed by atoms with van der Waals surface area (Å²) in [5, 5.41) is 3.49. The molecule has 0 aliphatic carbocycles. The van der Waals surface area contributed by atoms with Gasteiger partial charge in [0.15, 0.2) is 0 Å². The van der Waals surface area contributed by atoms with Crippen LogP contribution in [0, 0.1) is 13.8 Å². The van der Waals surface area contributed by atoms with E-state index in [1.165, 1.54) is 0 Å². The Balaban J connectivity index is 1.78. The number of anilines is 2. The number of carbonyl (C=O) groups excluding carboxylic acids is 2. The molecular weight excluding hydrogens is 354 g/mol. The van der Waals surface area contributed by atoms with Gasteiger partial charge in [-0.25, -0.2) is 9.97 Å². The first-order chi connectivity index (χ1) is 12.5. The lowest BCUT2D eigenvalue weighted by molar-refractivity contribution is -0.118. The number of piperazine rings is 1. The van der Waals surface area contributed by atoms with E-state index in [0.29, 0.717) is 54.2 Å². The molecule has 1 fully saturated rings. The van der Waals surface area contributed by atoms with Crippen LogP contribution in [-0.4, -0.2) is 53.4 Å². The lowest BCUT2D eigenvalue weighted by Crippen LogP contribution is -2.46. The van der Waals surface area contributed by atoms with Gasteiger partial charge in [0, 0.05) is 43.0 Å². The monoisotopic (exact) mass is 373 g/mol. The number of rotatable bonds is 4. The number of aromatic nitrogens is 2. The van der Waals surface area contributed by atoms with E-state index in [-0.39, 0.29) is 5.91 Å². The Hall–Kier alpha value is -2.67. The number of aryl methyl sites for hydroxylation is 2. The van der Waals surface area contributed by atoms with Crippen LogP contribution in [0.2, 0.25) is 5.02 Å². The molecule has 0 unspecified atom stereocenters. The van der Waals surface area contributed by atoms with E-state index in [4.69, 9.17) is 11.6 Å². The van der Waals surface area contributed by atoms with Crippen molar-refractivity contribution in [3.63, 3.8) is 0 Å². The molecule has 136 valence electrons. The molecular formula is C18H20ClN5O2. The average molecular weight is 374 g/mol. The quantitative estimate of drug-likeness (QED) is 0.832. The first kappa shape index (κ1) is 18.1. The zero-order valence-corrected chi connectivity index (χ0v) is 15.5. The van der Waals surface area contributed by atoms with Gasteiger partial charge in [0.05, 0.1) is 0 Å². The topological polar surface area (TPSA) is 78.4 Å². The van der Waals surface area contributed by atoms with Crippen LogP contribution in [0.3, 0.4) is 0 Å². The molecule has 26 heavy (non-hydrogen) atoms. The summed E-state index contributed by atoms with van der Waals surface area (Å²) in [5.74, 6) is 0.924. The summed E-state index contributed by atoms with van der Waals surface area (Å²) in [5.41, 5.74) is 1.87. The lowest BCUT2D eigenvalue weighted by atomic mass is 10.2. The predicted molar refractivity (Wildman–Crippen MR) is 101 cm³/mol. The van der Waals surface area contributed by atoms with Gasteiger partial charge in [-0.3, -0.25) is 9.59 Å². The van der Waals surface area contributed by atoms with Gasteiger partial charge in [0.1, 0.15) is 17.3 Å². The SMILES string of the molecule is Cc1nc(C(=O)Nc2ccc(Cl)cc2C)cc(N2CCN(C=O)CC2)n1. The summed E-state index contributed by atoms with van der Waals surface area (Å²) in [6.07, 6.45) is 0.857. The average Bonchev–Trinajstić information content (AvgIpc) is 2.63. The molecule has 7 nitrogen and oxygen atoms in total. The molecule has 3 rings (SSSR count). The minimum absolute atomic E-state index is 0.298. The Morgan fingerprint density at radius 1 is 1.15 bits per heavy atom. The van der Waals surface area contributed by atoms with E-state index in [2.05, 4.69) is 20.2 Å². The molecule has 2 heterocycles. The van der Waals surface area contributed by atoms with E-state index in [9.17, 15) is 9.59 Å². The first-order valence-corrected chi connectivity index (χ1v) is 8.71. The molecule has 0 radical (unpaired) electrons. The minimum atomic E-state index is -0.298. The Bertz CT molecular complexity index is 834. The van der Waals surface area contributed by atoms with Crippen molar-refractivity contribution in [2.45, 2.75) is 13.8 Å². The van der Waals surface area contributed by atoms with Crippen LogP contribution >= 0.6 is 11.6 Å². The highest BCUT2D eigenvalue weighted by Gasteiger charge is 2.19. The maximum absolute atomic E-state index is 12.6. The standard InChI is InChI=1S/C18H20ClN5O2/c1-12-9-14(19)3-4-15(12)22-18(26)16-10-17(21-13(2)20-16)24-7-5-23(11-25)6-8-24/h3-4,9-11H,5-8H2,1-2H3,(H,22,26). The third-order valence-corrected chi connectivity index (χ3v) is 4.52. The van der Waals surface area contributed by atoms with Crippen LogP contribution in [-0.2, 0) is 4.79 Å². The molecule has 0 atom stereocenters. The van der Waals surface area contributed by atoms with E-state index in [0.717, 1.165) is 12.0 Å². The molecule has 2 aromatic rings. The van der Waals surface area contributed by atoms with Crippen molar-refractivity contribution in [1.82, 2.24) is 14.9 Å². The molecule has 1 aliphatic rings. The van der Waals surface area contributed by atoms with Gasteiger partial charge in [-0.15, -0.1) is 0 Å². The molecule has 2 amide bonds. The van der Waals surface area contributed by atoms with Crippen molar-refractivity contribution in [2.24, 2.45) is 0 Å². The summed E-state index contributed by atoms with van der Waals surface area (Å²) in [6.45, 7) is 6.26. The maximum atomic E-state index is 12.6. The second-order valence-corrected chi connectivity index (χ2v) is 6.64. The van der Waals surface area contributed by atoms with Crippen LogP contribution in [0.4, 0.5) is 11.5 Å². The van der Waals surface area contributed by atoms with E-state index >= 15 is 0 Å². The molecule has 1 aromatic carbocycles. The first-order valence-electron chi connectivity index (χ1n) is 8.34. The third kappa shape index (κ3) is 4.11. The van der Waals surface area contributed by atoms with Crippen LogP contribution in [0.1, 0.15) is 21.9 Å². The molecule has 0 saturated carbocycles. The van der Waals surface area contributed by atoms with Crippen molar-refractivity contribution in [3.05, 3.63) is 46.4 Å². The smallest absolute Gasteiger partial charge is 0.274 e. The van der Waals surface area contributed by atoms with Crippen LogP contribution in [0.15, 0.2) is 24.3 Å². The van der Waals surface area contributed by atoms with E-state index < -0.39 is 0 Å². The molecule has 1 aliphatic heterocycles. The van der Waals surface area contributed by atoms with Crippen molar-refractivity contribution in [1.29, 1.82) is 0 Å². The van der Waals surface area contributed by atoms with E-state index in [1.807, 2.05) is 6.92 Å². The van der Waals surface area contributed by atoms with Gasteiger partial charge in [-0.2, -0.15) is 0 Å². The summed E-state index contributed by atoms with van der Waals surface area (Å²) in [6, 6.07) is 6.97. The highest BCUT2D eigenvalue weighted by molar-refractivity contribution is 6.30. The van der Waals surface area contributed by atoms with Gasteiger partial charge >= 0.3 is 0 Å². The number of hydrogen-bond acceptors (Lipinski definition) is 5. The second-order valence-electron chi connectivity index (χ2n) is 6.20. The number of amides is 2. The molecule has 1 saturated heterocycles. The predicted octanol–water partition coefficient (Wildman–Crippen LogP) is 2.28. The number of halogens is 1. The van der Waals surface area contributed by atoms with Crippen LogP contribution in [0.25, 0.3) is 0 Å². The molecule has 0 spiro atoms. The number of nitrogens with one attached hydrogen (secondary N) is 1. The third-order valence-electron chi connectivity index (χ3n) is 4.28. The molecule has 1 aromatic heterocycles. The Morgan fingerprint density at radius 2 is 1.88 bits per heavy atom. The van der Waals surface area contributed by atoms with Crippen molar-refractivity contribution >= 4 is 35.4 Å². The number of hydrogen-bond donors (Lipinski definition) is 1. The summed E-state index contributed by atoms with van der Waals surface area (Å²) in [7, 11) is 0. The highest BCUT2D eigenvalue weighted by Crippen LogP contribution is 2.21. The van der Waals surface area contributed by atoms with Crippen molar-refractivity contribution in [3.8, 4) is 0 Å². The fraction of sp³-hybridized carbons (Fsp3) is 0.333. The molecule has 0 bridgehead atoms. The fourth-order valence-electron chi connectivity index (χ4n) is 2.84. The number of nitrogens with zero attached hydrogens (tertiary/aromatic N) is 4. The van der Waals surface area contributed by atoms with Crippen LogP contribution in [0.5, 0.6) is 0 Å². The largest absolute Gasteiger partial charge is 0.353 e. The summed E-state index contributed by atoms with van der Waals surface area (Å²) >= 11 is 5.95. The zero-order chi connectivity index (χ0) is 18.7. The second kappa shape index (κ2) is 7.70. The normalized spacial score (nSPS) is 14.3. The van der Waals surface area contributed by atoms with Gasteiger partial charge in [0.25, 0.3) is 5.91 Å². The lowest BCUT2D eigenvalue weighted by Gasteiger charge is -2.33. The highest BCUT2D eigenvalue weighted by atomic mass is 35.5. The van der Waals surface area contributed by atoms with Crippen molar-refractivity contribution < 1.29 is 9.59 Å². The summed E-state index contributed by atoms with van der Waals surface area (Å²) in [4.78, 5) is 35.9. The fourth-order valence-corrected chi connectivity index (χ4v) is 3.07. The van der Waals surface area contributed by atoms with Gasteiger partial charge in [-0.1, -0.05) is 11.6 Å². The maximum Gasteiger partial charge on any atom is 0.274 e. The van der Waals surface area contributed by atoms with Crippen molar-refractivity contribution in [2.75, 3.05) is 36.4 Å². The Kier molecular flexibility index (Phi) is 5.37. The van der Waals surface area contributed by atoms with Gasteiger partial charge < -0.3 is 15.1 Å². The number of carbonyl (C=O) groups is 2. The Labute approximate surface area is 157 Å². The van der Waals surface area contributed by atoms with Gasteiger partial charge in [-0.05, 0) is 37.6 Å². The minimum Gasteiger partial charge on any atom is -0.353 e. The molecule has 1 N–H and O–H groups in total. The number of benzene rings is 1. The van der Waals surface area contributed by atoms with Crippen LogP contribution < -0.4 is 10.2 Å².